The van der Waals surface area contributed by atoms with Crippen LogP contribution in [0.25, 0.3) is 0 Å². The van der Waals surface area contributed by atoms with Crippen LogP contribution < -0.4 is 0 Å². The van der Waals surface area contributed by atoms with Gasteiger partial charge < -0.3 is 0 Å². The zero-order chi connectivity index (χ0) is 10.8. The highest BCUT2D eigenvalue weighted by molar-refractivity contribution is 6.68. The maximum atomic E-state index is 2.33. The molecule has 0 amide bonds. The molecule has 80 valence electrons. The monoisotopic (exact) mass is 204 g/mol. The van der Waals surface area contributed by atoms with Gasteiger partial charge in [0, 0.05) is 0 Å². The molecule has 4 nitrogen and oxygen atoms in total. The molecular weight excluding hydrogens is 180 g/mol. The van der Waals surface area contributed by atoms with Crippen molar-refractivity contribution >= 4 is 8.72 Å². The van der Waals surface area contributed by atoms with Crippen LogP contribution in [-0.2, 0) is 0 Å². The van der Waals surface area contributed by atoms with Gasteiger partial charge in [-0.1, -0.05) is 0 Å². The minimum Gasteiger partial charge on any atom is -0.292 e. The summed E-state index contributed by atoms with van der Waals surface area (Å²) in [6, 6.07) is 0. The first-order chi connectivity index (χ1) is 5.77. The van der Waals surface area contributed by atoms with Gasteiger partial charge in [0.2, 0.25) is 0 Å². The topological polar surface area (TPSA) is 13.0 Å². The second-order valence-corrected chi connectivity index (χ2v) is 8.96. The maximum absolute atomic E-state index is 2.33. The Balaban J connectivity index is 5.06. The molecule has 0 aromatic carbocycles. The molecule has 0 unspecified atom stereocenters. The summed E-state index contributed by atoms with van der Waals surface area (Å²) in [4.78, 5) is 0. The molecule has 0 heterocycles. The number of nitrogens with zero attached hydrogens (tertiary/aromatic N) is 4. The van der Waals surface area contributed by atoms with Crippen molar-refractivity contribution in [2.75, 3.05) is 56.4 Å². The third-order valence-electron chi connectivity index (χ3n) is 2.40. The molecule has 0 N–H and O–H groups in total. The van der Waals surface area contributed by atoms with E-state index < -0.39 is 8.72 Å². The average molecular weight is 204 g/mol. The van der Waals surface area contributed by atoms with Gasteiger partial charge in [-0.3, -0.25) is 18.3 Å². The molecule has 0 aliphatic carbocycles. The molecule has 0 aromatic rings. The fourth-order valence-electron chi connectivity index (χ4n) is 2.40. The zero-order valence-corrected chi connectivity index (χ0v) is 11.3. The van der Waals surface area contributed by atoms with E-state index in [1.807, 2.05) is 0 Å². The van der Waals surface area contributed by atoms with Gasteiger partial charge in [0.1, 0.15) is 0 Å². The van der Waals surface area contributed by atoms with E-state index in [9.17, 15) is 0 Å². The molecule has 0 saturated heterocycles. The SMILES string of the molecule is CN(C)[Si](N(C)C)(N(C)C)N(C)C. The van der Waals surface area contributed by atoms with Crippen LogP contribution >= 0.6 is 0 Å². The van der Waals surface area contributed by atoms with E-state index in [1.165, 1.54) is 0 Å². The van der Waals surface area contributed by atoms with E-state index in [-0.39, 0.29) is 0 Å². The first-order valence-electron chi connectivity index (χ1n) is 4.47. The highest BCUT2D eigenvalue weighted by Gasteiger charge is 2.45. The van der Waals surface area contributed by atoms with Crippen LogP contribution in [0.4, 0.5) is 0 Å². The molecule has 5 heteroatoms. The van der Waals surface area contributed by atoms with Gasteiger partial charge in [-0.15, -0.1) is 0 Å². The molecule has 0 saturated carbocycles. The van der Waals surface area contributed by atoms with Gasteiger partial charge in [-0.2, -0.15) is 0 Å². The standard InChI is InChI=1S/C8H24N4Si/c1-9(2)13(10(3)4,11(5)6)12(7)8/h1-8H3. The fourth-order valence-corrected chi connectivity index (χ4v) is 7.20. The molecular formula is C8H24N4Si. The van der Waals surface area contributed by atoms with E-state index in [1.54, 1.807) is 0 Å². The molecule has 0 fully saturated rings. The van der Waals surface area contributed by atoms with E-state index in [0.29, 0.717) is 0 Å². The number of rotatable bonds is 4. The second kappa shape index (κ2) is 4.52. The summed E-state index contributed by atoms with van der Waals surface area (Å²) in [5.41, 5.74) is 0. The van der Waals surface area contributed by atoms with Gasteiger partial charge in [0.05, 0.1) is 0 Å². The van der Waals surface area contributed by atoms with Crippen LogP contribution in [0.15, 0.2) is 0 Å². The Morgan fingerprint density at radius 2 is 0.615 bits per heavy atom. The summed E-state index contributed by atoms with van der Waals surface area (Å²) < 4.78 is 9.31. The molecule has 13 heavy (non-hydrogen) atoms. The Bertz CT molecular complexity index is 119. The van der Waals surface area contributed by atoms with Crippen molar-refractivity contribution in [1.29, 1.82) is 0 Å². The maximum Gasteiger partial charge on any atom is 0.375 e. The zero-order valence-electron chi connectivity index (χ0n) is 10.3. The summed E-state index contributed by atoms with van der Waals surface area (Å²) >= 11 is 0. The second-order valence-electron chi connectivity index (χ2n) is 4.18. The van der Waals surface area contributed by atoms with Crippen LogP contribution in [0.3, 0.4) is 0 Å². The number of hydrogen-bond acceptors (Lipinski definition) is 4. The summed E-state index contributed by atoms with van der Waals surface area (Å²) in [7, 11) is 15.4. The molecule has 0 aromatic heterocycles. The highest BCUT2D eigenvalue weighted by Crippen LogP contribution is 2.14. The van der Waals surface area contributed by atoms with Crippen molar-refractivity contribution in [3.63, 3.8) is 0 Å². The van der Waals surface area contributed by atoms with Gasteiger partial charge in [-0.05, 0) is 56.4 Å². The summed E-state index contributed by atoms with van der Waals surface area (Å²) in [6.07, 6.45) is 0. The first kappa shape index (κ1) is 13.1. The predicted molar refractivity (Wildman–Crippen MR) is 60.5 cm³/mol. The van der Waals surface area contributed by atoms with E-state index in [0.717, 1.165) is 0 Å². The average Bonchev–Trinajstić information content (AvgIpc) is 1.82. The molecule has 0 radical (unpaired) electrons. The third-order valence-corrected chi connectivity index (χ3v) is 7.20. The van der Waals surface area contributed by atoms with E-state index >= 15 is 0 Å². The van der Waals surface area contributed by atoms with Crippen molar-refractivity contribution < 1.29 is 0 Å². The summed E-state index contributed by atoms with van der Waals surface area (Å²) in [6.45, 7) is 0. The Morgan fingerprint density at radius 1 is 0.462 bits per heavy atom. The van der Waals surface area contributed by atoms with E-state index in [2.05, 4.69) is 74.6 Å². The van der Waals surface area contributed by atoms with Gasteiger partial charge in [-0.25, -0.2) is 0 Å². The van der Waals surface area contributed by atoms with Crippen LogP contribution in [-0.4, -0.2) is 83.4 Å². The molecule has 0 rings (SSSR count). The lowest BCUT2D eigenvalue weighted by Crippen LogP contribution is -2.77. The minimum atomic E-state index is -1.77. The Kier molecular flexibility index (Phi) is 4.54. The Labute approximate surface area is 84.0 Å². The van der Waals surface area contributed by atoms with Gasteiger partial charge >= 0.3 is 8.72 Å². The normalized spacial score (nSPS) is 13.8. The van der Waals surface area contributed by atoms with Gasteiger partial charge in [0.25, 0.3) is 0 Å². The number of hydrogen-bond donors (Lipinski definition) is 0. The van der Waals surface area contributed by atoms with Crippen LogP contribution in [0, 0.1) is 0 Å². The van der Waals surface area contributed by atoms with Crippen molar-refractivity contribution in [3.8, 4) is 0 Å². The lowest BCUT2D eigenvalue weighted by molar-refractivity contribution is 0.294. The predicted octanol–water partition coefficient (Wildman–Crippen LogP) is -0.332. The van der Waals surface area contributed by atoms with Crippen LogP contribution in [0.5, 0.6) is 0 Å². The Hall–Kier alpha value is 0.0569. The van der Waals surface area contributed by atoms with Crippen molar-refractivity contribution in [1.82, 2.24) is 18.3 Å². The van der Waals surface area contributed by atoms with Gasteiger partial charge in [0.15, 0.2) is 0 Å². The van der Waals surface area contributed by atoms with E-state index in [4.69, 9.17) is 0 Å². The van der Waals surface area contributed by atoms with Crippen molar-refractivity contribution in [3.05, 3.63) is 0 Å². The smallest absolute Gasteiger partial charge is 0.292 e. The lowest BCUT2D eigenvalue weighted by atomic mass is 11.2. The minimum absolute atomic E-state index is 1.77. The van der Waals surface area contributed by atoms with Crippen molar-refractivity contribution in [2.24, 2.45) is 0 Å². The summed E-state index contributed by atoms with van der Waals surface area (Å²) in [5, 5.41) is 0. The molecule has 0 aliphatic heterocycles. The fraction of sp³-hybridized carbons (Fsp3) is 1.00. The third kappa shape index (κ3) is 2.11. The summed E-state index contributed by atoms with van der Waals surface area (Å²) in [5.74, 6) is 0. The molecule has 0 bridgehead atoms. The lowest BCUT2D eigenvalue weighted by Gasteiger charge is -2.49. The highest BCUT2D eigenvalue weighted by atomic mass is 28.4. The largest absolute Gasteiger partial charge is 0.375 e. The van der Waals surface area contributed by atoms with Crippen LogP contribution in [0.2, 0.25) is 0 Å². The molecule has 0 spiro atoms. The van der Waals surface area contributed by atoms with Crippen molar-refractivity contribution in [2.45, 2.75) is 0 Å². The first-order valence-corrected chi connectivity index (χ1v) is 6.26. The Morgan fingerprint density at radius 3 is 0.615 bits per heavy atom. The van der Waals surface area contributed by atoms with Crippen LogP contribution in [0.1, 0.15) is 0 Å². The quantitative estimate of drug-likeness (QED) is 0.581. The molecule has 0 aliphatic rings. The molecule has 0 atom stereocenters.